The summed E-state index contributed by atoms with van der Waals surface area (Å²) in [7, 11) is 0. The van der Waals surface area contributed by atoms with Gasteiger partial charge in [-0.2, -0.15) is 0 Å². The molecule has 1 aliphatic carbocycles. The third kappa shape index (κ3) is 2.85. The average molecular weight is 239 g/mol. The van der Waals surface area contributed by atoms with Crippen LogP contribution in [0.4, 0.5) is 0 Å². The normalized spacial score (nSPS) is 38.1. The topological polar surface area (TPSA) is 23.5 Å². The molecule has 1 saturated carbocycles. The number of hydrogen-bond acceptors (Lipinski definition) is 2. The van der Waals surface area contributed by atoms with Gasteiger partial charge >= 0.3 is 0 Å². The average Bonchev–Trinajstić information content (AvgIpc) is 2.79. The Labute approximate surface area is 106 Å². The van der Waals surface area contributed by atoms with Crippen molar-refractivity contribution in [3.63, 3.8) is 0 Å². The Kier molecular flexibility index (Phi) is 3.84. The number of aliphatic hydroxyl groups excluding tert-OH is 1. The van der Waals surface area contributed by atoms with Crippen molar-refractivity contribution in [1.82, 2.24) is 4.90 Å². The van der Waals surface area contributed by atoms with Crippen LogP contribution in [-0.2, 0) is 0 Å². The smallest absolute Gasteiger partial charge is 0.0631 e. The maximum atomic E-state index is 10.3. The minimum absolute atomic E-state index is 0.0967. The summed E-state index contributed by atoms with van der Waals surface area (Å²) in [5, 5.41) is 10.3. The van der Waals surface area contributed by atoms with Crippen molar-refractivity contribution >= 4 is 0 Å². The molecule has 0 amide bonds. The van der Waals surface area contributed by atoms with Gasteiger partial charge in [0, 0.05) is 13.1 Å². The summed E-state index contributed by atoms with van der Waals surface area (Å²) in [6.07, 6.45) is 3.64. The van der Waals surface area contributed by atoms with Crippen molar-refractivity contribution < 1.29 is 5.11 Å². The molecule has 1 N–H and O–H groups in total. The van der Waals surface area contributed by atoms with Gasteiger partial charge in [-0.05, 0) is 49.0 Å². The first-order valence-electron chi connectivity index (χ1n) is 7.30. The van der Waals surface area contributed by atoms with Crippen molar-refractivity contribution in [1.29, 1.82) is 0 Å². The van der Waals surface area contributed by atoms with Crippen LogP contribution in [0.3, 0.4) is 0 Å². The zero-order valence-electron chi connectivity index (χ0n) is 11.9. The van der Waals surface area contributed by atoms with E-state index >= 15 is 0 Å². The highest BCUT2D eigenvalue weighted by atomic mass is 16.3. The molecular weight excluding hydrogens is 210 g/mol. The predicted molar refractivity (Wildman–Crippen MR) is 71.9 cm³/mol. The van der Waals surface area contributed by atoms with Gasteiger partial charge < -0.3 is 10.0 Å². The zero-order chi connectivity index (χ0) is 12.6. The van der Waals surface area contributed by atoms with E-state index in [1.165, 1.54) is 32.4 Å². The van der Waals surface area contributed by atoms with E-state index in [1.807, 2.05) is 0 Å². The van der Waals surface area contributed by atoms with Crippen molar-refractivity contribution in [2.45, 2.75) is 53.1 Å². The molecular formula is C15H29NO. The molecule has 2 heteroatoms. The van der Waals surface area contributed by atoms with E-state index in [0.29, 0.717) is 5.92 Å². The van der Waals surface area contributed by atoms with Gasteiger partial charge in [0.15, 0.2) is 0 Å². The van der Waals surface area contributed by atoms with Crippen molar-refractivity contribution in [2.24, 2.45) is 23.2 Å². The number of nitrogens with zero attached hydrogens (tertiary/aromatic N) is 1. The van der Waals surface area contributed by atoms with Gasteiger partial charge in [0.05, 0.1) is 6.10 Å². The van der Waals surface area contributed by atoms with Gasteiger partial charge in [0.2, 0.25) is 0 Å². The Hall–Kier alpha value is -0.0800. The second kappa shape index (κ2) is 4.89. The molecule has 2 rings (SSSR count). The summed E-state index contributed by atoms with van der Waals surface area (Å²) >= 11 is 0. The molecule has 1 saturated heterocycles. The minimum Gasteiger partial charge on any atom is -0.392 e. The highest BCUT2D eigenvalue weighted by molar-refractivity contribution is 4.93. The van der Waals surface area contributed by atoms with E-state index in [-0.39, 0.29) is 11.5 Å². The Morgan fingerprint density at radius 2 is 2.00 bits per heavy atom. The number of hydrogen-bond donors (Lipinski definition) is 1. The van der Waals surface area contributed by atoms with E-state index in [0.717, 1.165) is 18.4 Å². The first-order chi connectivity index (χ1) is 7.90. The molecule has 17 heavy (non-hydrogen) atoms. The van der Waals surface area contributed by atoms with E-state index < -0.39 is 0 Å². The molecule has 0 spiro atoms. The van der Waals surface area contributed by atoms with Crippen LogP contribution in [0.5, 0.6) is 0 Å². The number of rotatable bonds is 3. The molecule has 0 bridgehead atoms. The Morgan fingerprint density at radius 3 is 2.47 bits per heavy atom. The standard InChI is InChI=1S/C15H29NO/c1-11(2)12-6-8-16(9-12)10-13-5-7-15(3,4)14(13)17/h11-14,17H,5-10H2,1-4H3. The van der Waals surface area contributed by atoms with Crippen LogP contribution in [0.1, 0.15) is 47.0 Å². The lowest BCUT2D eigenvalue weighted by atomic mass is 9.87. The molecule has 1 aliphatic heterocycles. The summed E-state index contributed by atoms with van der Waals surface area (Å²) in [6.45, 7) is 12.7. The third-order valence-corrected chi connectivity index (χ3v) is 5.15. The monoisotopic (exact) mass is 239 g/mol. The summed E-state index contributed by atoms with van der Waals surface area (Å²) in [6, 6.07) is 0. The quantitative estimate of drug-likeness (QED) is 0.818. The summed E-state index contributed by atoms with van der Waals surface area (Å²) in [5.41, 5.74) is 0.141. The first-order valence-corrected chi connectivity index (χ1v) is 7.30. The summed E-state index contributed by atoms with van der Waals surface area (Å²) in [4.78, 5) is 2.58. The second-order valence-electron chi connectivity index (χ2n) is 7.28. The van der Waals surface area contributed by atoms with Crippen molar-refractivity contribution in [3.05, 3.63) is 0 Å². The van der Waals surface area contributed by atoms with Gasteiger partial charge in [-0.25, -0.2) is 0 Å². The predicted octanol–water partition coefficient (Wildman–Crippen LogP) is 2.76. The van der Waals surface area contributed by atoms with Gasteiger partial charge in [-0.1, -0.05) is 27.7 Å². The van der Waals surface area contributed by atoms with Gasteiger partial charge in [-0.3, -0.25) is 0 Å². The Balaban J connectivity index is 1.83. The molecule has 2 nitrogen and oxygen atoms in total. The number of aliphatic hydroxyl groups is 1. The lowest BCUT2D eigenvalue weighted by molar-refractivity contribution is 0.0348. The van der Waals surface area contributed by atoms with E-state index in [4.69, 9.17) is 0 Å². The highest BCUT2D eigenvalue weighted by Crippen LogP contribution is 2.42. The molecule has 2 aliphatic rings. The van der Waals surface area contributed by atoms with Crippen LogP contribution < -0.4 is 0 Å². The Bertz CT molecular complexity index is 262. The summed E-state index contributed by atoms with van der Waals surface area (Å²) < 4.78 is 0. The van der Waals surface area contributed by atoms with Crippen LogP contribution in [0.15, 0.2) is 0 Å². The lowest BCUT2D eigenvalue weighted by Gasteiger charge is -2.28. The fourth-order valence-electron chi connectivity index (χ4n) is 3.60. The molecule has 3 unspecified atom stereocenters. The molecule has 2 fully saturated rings. The van der Waals surface area contributed by atoms with Gasteiger partial charge in [-0.15, -0.1) is 0 Å². The highest BCUT2D eigenvalue weighted by Gasteiger charge is 2.41. The SMILES string of the molecule is CC(C)C1CCN(CC2CCC(C)(C)C2O)C1. The molecule has 0 aromatic heterocycles. The second-order valence-corrected chi connectivity index (χ2v) is 7.28. The summed E-state index contributed by atoms with van der Waals surface area (Å²) in [5.74, 6) is 2.20. The largest absolute Gasteiger partial charge is 0.392 e. The molecule has 0 radical (unpaired) electrons. The minimum atomic E-state index is -0.0967. The zero-order valence-corrected chi connectivity index (χ0v) is 11.9. The molecule has 0 aromatic carbocycles. The maximum absolute atomic E-state index is 10.3. The lowest BCUT2D eigenvalue weighted by Crippen LogP contribution is -2.35. The van der Waals surface area contributed by atoms with Crippen LogP contribution >= 0.6 is 0 Å². The molecule has 0 aromatic rings. The van der Waals surface area contributed by atoms with Crippen LogP contribution in [0.2, 0.25) is 0 Å². The van der Waals surface area contributed by atoms with Crippen LogP contribution in [-0.4, -0.2) is 35.7 Å². The molecule has 100 valence electrons. The Morgan fingerprint density at radius 1 is 1.29 bits per heavy atom. The van der Waals surface area contributed by atoms with Crippen molar-refractivity contribution in [2.75, 3.05) is 19.6 Å². The fraction of sp³-hybridized carbons (Fsp3) is 1.00. The molecule has 1 heterocycles. The maximum Gasteiger partial charge on any atom is 0.0631 e. The van der Waals surface area contributed by atoms with E-state index in [9.17, 15) is 5.11 Å². The fourth-order valence-corrected chi connectivity index (χ4v) is 3.60. The van der Waals surface area contributed by atoms with E-state index in [2.05, 4.69) is 32.6 Å². The molecule has 3 atom stereocenters. The number of likely N-dealkylation sites (tertiary alicyclic amines) is 1. The third-order valence-electron chi connectivity index (χ3n) is 5.15. The van der Waals surface area contributed by atoms with Crippen LogP contribution in [0, 0.1) is 23.2 Å². The van der Waals surface area contributed by atoms with Crippen molar-refractivity contribution in [3.8, 4) is 0 Å². The van der Waals surface area contributed by atoms with Gasteiger partial charge in [0.1, 0.15) is 0 Å². The first kappa shape index (κ1) is 13.4. The van der Waals surface area contributed by atoms with Crippen LogP contribution in [0.25, 0.3) is 0 Å². The van der Waals surface area contributed by atoms with E-state index in [1.54, 1.807) is 0 Å². The van der Waals surface area contributed by atoms with Gasteiger partial charge in [0.25, 0.3) is 0 Å².